The second-order valence-corrected chi connectivity index (χ2v) is 11.4. The van der Waals surface area contributed by atoms with Gasteiger partial charge in [-0.05, 0) is 22.5 Å². The Morgan fingerprint density at radius 3 is 1.88 bits per heavy atom. The summed E-state index contributed by atoms with van der Waals surface area (Å²) >= 11 is 0. The maximum atomic E-state index is 13.5. The van der Waals surface area contributed by atoms with E-state index in [2.05, 4.69) is 27.7 Å². The normalized spacial score (nSPS) is 21.6. The number of ether oxygens (including phenoxy) is 2. The third-order valence-electron chi connectivity index (χ3n) is 7.05. The number of hydrogen-bond acceptors (Lipinski definition) is 4. The minimum atomic E-state index is -0.446. The number of benzene rings is 2. The second-order valence-electron chi connectivity index (χ2n) is 11.4. The molecule has 0 spiro atoms. The van der Waals surface area contributed by atoms with Crippen molar-refractivity contribution < 1.29 is 19.1 Å². The maximum Gasteiger partial charge on any atom is 0.163 e. The molecule has 2 aromatic rings. The van der Waals surface area contributed by atoms with Gasteiger partial charge < -0.3 is 9.47 Å². The molecule has 0 bridgehead atoms. The summed E-state index contributed by atoms with van der Waals surface area (Å²) < 4.78 is 12.7. The first kappa shape index (κ1) is 22.6. The minimum absolute atomic E-state index is 0.0679. The Morgan fingerprint density at radius 1 is 0.765 bits per heavy atom. The Kier molecular flexibility index (Phi) is 5.50. The number of carbonyl (C=O) groups is 2. The number of carbonyl (C=O) groups excluding carboxylic acids is 2. The van der Waals surface area contributed by atoms with Crippen LogP contribution in [0.4, 0.5) is 0 Å². The summed E-state index contributed by atoms with van der Waals surface area (Å²) in [7, 11) is 0. The van der Waals surface area contributed by atoms with Crippen LogP contribution < -0.4 is 4.74 Å². The van der Waals surface area contributed by atoms with Gasteiger partial charge in [-0.25, -0.2) is 0 Å². The molecule has 3 aliphatic rings. The second kappa shape index (κ2) is 8.26. The first-order valence-electron chi connectivity index (χ1n) is 12.1. The first-order valence-corrected chi connectivity index (χ1v) is 12.1. The van der Waals surface area contributed by atoms with Crippen molar-refractivity contribution in [1.29, 1.82) is 0 Å². The fourth-order valence-electron chi connectivity index (χ4n) is 5.57. The monoisotopic (exact) mass is 456 g/mol. The number of allylic oxidation sites excluding steroid dienone is 4. The summed E-state index contributed by atoms with van der Waals surface area (Å²) in [6.45, 7) is 8.82. The molecule has 0 amide bonds. The van der Waals surface area contributed by atoms with Crippen LogP contribution in [0.25, 0.3) is 0 Å². The van der Waals surface area contributed by atoms with Crippen LogP contribution in [-0.2, 0) is 20.9 Å². The molecule has 1 heterocycles. The van der Waals surface area contributed by atoms with Gasteiger partial charge in [-0.1, -0.05) is 76.2 Å². The summed E-state index contributed by atoms with van der Waals surface area (Å²) in [6, 6.07) is 17.8. The highest BCUT2D eigenvalue weighted by atomic mass is 16.5. The zero-order valence-electron chi connectivity index (χ0n) is 20.4. The molecule has 2 aromatic carbocycles. The van der Waals surface area contributed by atoms with Crippen molar-refractivity contribution in [3.05, 3.63) is 88.4 Å². The third-order valence-corrected chi connectivity index (χ3v) is 7.05. The van der Waals surface area contributed by atoms with Crippen molar-refractivity contribution in [1.82, 2.24) is 0 Å². The van der Waals surface area contributed by atoms with Crippen LogP contribution in [0.15, 0.2) is 77.3 Å². The van der Waals surface area contributed by atoms with E-state index in [1.54, 1.807) is 0 Å². The summed E-state index contributed by atoms with van der Waals surface area (Å²) in [6.07, 6.45) is 2.26. The van der Waals surface area contributed by atoms with Crippen LogP contribution >= 0.6 is 0 Å². The number of rotatable bonds is 4. The number of hydrogen-bond donors (Lipinski definition) is 0. The Morgan fingerprint density at radius 2 is 1.29 bits per heavy atom. The lowest BCUT2D eigenvalue weighted by molar-refractivity contribution is -0.120. The number of para-hydroxylation sites is 1. The van der Waals surface area contributed by atoms with Gasteiger partial charge in [0, 0.05) is 42.4 Å². The van der Waals surface area contributed by atoms with Gasteiger partial charge in [0.2, 0.25) is 0 Å². The van der Waals surface area contributed by atoms with Gasteiger partial charge in [0.15, 0.2) is 11.6 Å². The van der Waals surface area contributed by atoms with Crippen molar-refractivity contribution in [3.63, 3.8) is 0 Å². The van der Waals surface area contributed by atoms with Gasteiger partial charge in [-0.15, -0.1) is 0 Å². The van der Waals surface area contributed by atoms with Gasteiger partial charge in [0.05, 0.1) is 5.92 Å². The van der Waals surface area contributed by atoms with Crippen LogP contribution in [0.1, 0.15) is 70.4 Å². The number of Topliss-reactive ketones (excluding diaryl/α,β-unsaturated/α-hetero) is 2. The largest absolute Gasteiger partial charge is 0.489 e. The van der Waals surface area contributed by atoms with E-state index in [4.69, 9.17) is 9.47 Å². The van der Waals surface area contributed by atoms with Crippen molar-refractivity contribution in [2.45, 2.75) is 65.9 Å². The topological polar surface area (TPSA) is 52.6 Å². The van der Waals surface area contributed by atoms with E-state index in [9.17, 15) is 9.59 Å². The lowest BCUT2D eigenvalue weighted by atomic mass is 9.65. The molecule has 2 aliphatic carbocycles. The molecule has 0 aromatic heterocycles. The standard InChI is InChI=1S/C30H32O4/c1-29(2)14-21(31)27-24(16-29)34-25-17-30(3,4)15-22(32)28(25)26(27)20-12-8-9-13-23(20)33-18-19-10-6-5-7-11-19/h5-13,26H,14-18H2,1-4H3. The average Bonchev–Trinajstić information content (AvgIpc) is 2.75. The predicted octanol–water partition coefficient (Wildman–Crippen LogP) is 6.67. The SMILES string of the molecule is CC1(C)CC(=O)C2=C(C1)OC1=C(C(=O)CC(C)(C)C1)C2c1ccccc1OCc1ccccc1. The highest BCUT2D eigenvalue weighted by molar-refractivity contribution is 6.06. The molecule has 0 unspecified atom stereocenters. The van der Waals surface area contributed by atoms with Gasteiger partial charge in [0.1, 0.15) is 23.9 Å². The van der Waals surface area contributed by atoms with E-state index < -0.39 is 5.92 Å². The van der Waals surface area contributed by atoms with Gasteiger partial charge in [0.25, 0.3) is 0 Å². The molecule has 0 radical (unpaired) electrons. The lowest BCUT2D eigenvalue weighted by Crippen LogP contribution is -2.37. The van der Waals surface area contributed by atoms with Crippen molar-refractivity contribution in [2.24, 2.45) is 10.8 Å². The van der Waals surface area contributed by atoms with E-state index in [1.807, 2.05) is 54.6 Å². The van der Waals surface area contributed by atoms with Crippen molar-refractivity contribution in [2.75, 3.05) is 0 Å². The Balaban J connectivity index is 1.62. The van der Waals surface area contributed by atoms with E-state index in [0.29, 0.717) is 49.2 Å². The van der Waals surface area contributed by atoms with E-state index in [0.717, 1.165) is 22.6 Å². The van der Waals surface area contributed by atoms with Crippen LogP contribution in [0, 0.1) is 10.8 Å². The molecule has 5 rings (SSSR count). The van der Waals surface area contributed by atoms with E-state index in [-0.39, 0.29) is 22.4 Å². The molecule has 0 saturated heterocycles. The average molecular weight is 457 g/mol. The molecule has 4 nitrogen and oxygen atoms in total. The zero-order valence-corrected chi connectivity index (χ0v) is 20.4. The van der Waals surface area contributed by atoms with Crippen LogP contribution in [0.5, 0.6) is 5.75 Å². The van der Waals surface area contributed by atoms with Gasteiger partial charge >= 0.3 is 0 Å². The smallest absolute Gasteiger partial charge is 0.163 e. The fourth-order valence-corrected chi connectivity index (χ4v) is 5.57. The Labute approximate surface area is 201 Å². The Hall–Kier alpha value is -3.14. The summed E-state index contributed by atoms with van der Waals surface area (Å²) in [4.78, 5) is 27.0. The lowest BCUT2D eigenvalue weighted by Gasteiger charge is -2.43. The molecular weight excluding hydrogens is 424 g/mol. The molecule has 0 fully saturated rings. The van der Waals surface area contributed by atoms with Crippen LogP contribution in [0.3, 0.4) is 0 Å². The molecule has 0 atom stereocenters. The molecular formula is C30H32O4. The maximum absolute atomic E-state index is 13.5. The minimum Gasteiger partial charge on any atom is -0.489 e. The van der Waals surface area contributed by atoms with E-state index >= 15 is 0 Å². The molecule has 176 valence electrons. The fraction of sp³-hybridized carbons (Fsp3) is 0.400. The molecule has 34 heavy (non-hydrogen) atoms. The van der Waals surface area contributed by atoms with Gasteiger partial charge in [-0.2, -0.15) is 0 Å². The van der Waals surface area contributed by atoms with Gasteiger partial charge in [-0.3, -0.25) is 9.59 Å². The zero-order chi connectivity index (χ0) is 24.1. The van der Waals surface area contributed by atoms with Crippen LogP contribution in [-0.4, -0.2) is 11.6 Å². The predicted molar refractivity (Wildman–Crippen MR) is 131 cm³/mol. The molecule has 1 aliphatic heterocycles. The van der Waals surface area contributed by atoms with Crippen molar-refractivity contribution in [3.8, 4) is 5.75 Å². The first-order chi connectivity index (χ1) is 16.1. The summed E-state index contributed by atoms with van der Waals surface area (Å²) in [5, 5.41) is 0. The quantitative estimate of drug-likeness (QED) is 0.516. The highest BCUT2D eigenvalue weighted by Gasteiger charge is 2.48. The summed E-state index contributed by atoms with van der Waals surface area (Å²) in [5.74, 6) is 1.85. The van der Waals surface area contributed by atoms with E-state index in [1.165, 1.54) is 0 Å². The van der Waals surface area contributed by atoms with Crippen LogP contribution in [0.2, 0.25) is 0 Å². The molecule has 4 heteroatoms. The molecule has 0 N–H and O–H groups in total. The summed E-state index contributed by atoms with van der Waals surface area (Å²) in [5.41, 5.74) is 2.87. The number of ketones is 2. The molecule has 0 saturated carbocycles. The third kappa shape index (κ3) is 4.22. The Bertz CT molecular complexity index is 1160. The highest BCUT2D eigenvalue weighted by Crippen LogP contribution is 2.54. The van der Waals surface area contributed by atoms with Crippen molar-refractivity contribution >= 4 is 11.6 Å².